The molecular weight excluding hydrogens is 392 g/mol. The Hall–Kier alpha value is -2.75. The molecule has 1 aliphatic carbocycles. The fraction of sp³-hybridized carbons (Fsp3) is 0.526. The van der Waals surface area contributed by atoms with Gasteiger partial charge in [0, 0.05) is 31.7 Å². The van der Waals surface area contributed by atoms with Crippen LogP contribution >= 0.6 is 11.3 Å². The van der Waals surface area contributed by atoms with Crippen LogP contribution in [0.25, 0.3) is 11.2 Å². The summed E-state index contributed by atoms with van der Waals surface area (Å²) in [4.78, 5) is 49.0. The molecule has 0 bridgehead atoms. The van der Waals surface area contributed by atoms with Gasteiger partial charge in [0.1, 0.15) is 6.04 Å². The van der Waals surface area contributed by atoms with Crippen molar-refractivity contribution in [2.75, 3.05) is 4.90 Å². The van der Waals surface area contributed by atoms with E-state index in [-0.39, 0.29) is 23.1 Å². The first-order valence-electron chi connectivity index (χ1n) is 9.77. The fourth-order valence-corrected chi connectivity index (χ4v) is 4.80. The lowest BCUT2D eigenvalue weighted by atomic mass is 9.94. The summed E-state index contributed by atoms with van der Waals surface area (Å²) in [6.07, 6.45) is 8.41. The summed E-state index contributed by atoms with van der Waals surface area (Å²) in [5, 5.41) is 2.54. The maximum atomic E-state index is 13.6. The van der Waals surface area contributed by atoms with Crippen molar-refractivity contribution in [1.29, 1.82) is 0 Å². The number of anilines is 1. The van der Waals surface area contributed by atoms with Crippen molar-refractivity contribution in [2.45, 2.75) is 51.1 Å². The van der Waals surface area contributed by atoms with Gasteiger partial charge in [-0.15, -0.1) is 11.3 Å². The third-order valence-electron chi connectivity index (χ3n) is 5.75. The van der Waals surface area contributed by atoms with Crippen LogP contribution in [-0.2, 0) is 18.9 Å². The van der Waals surface area contributed by atoms with E-state index in [9.17, 15) is 14.4 Å². The number of hydrogen-bond donors (Lipinski definition) is 0. The Morgan fingerprint density at radius 3 is 2.55 bits per heavy atom. The molecule has 10 heteroatoms. The number of aryl methyl sites for hydroxylation is 1. The molecule has 29 heavy (non-hydrogen) atoms. The first-order chi connectivity index (χ1) is 13.9. The van der Waals surface area contributed by atoms with Crippen molar-refractivity contribution < 1.29 is 4.79 Å². The van der Waals surface area contributed by atoms with Gasteiger partial charge in [-0.1, -0.05) is 19.3 Å². The average molecular weight is 417 g/mol. The van der Waals surface area contributed by atoms with E-state index < -0.39 is 17.3 Å². The number of carbonyl (C=O) groups excluding carboxylic acids is 1. The van der Waals surface area contributed by atoms with Crippen molar-refractivity contribution in [2.24, 2.45) is 14.1 Å². The molecule has 1 amide bonds. The highest BCUT2D eigenvalue weighted by molar-refractivity contribution is 7.13. The average Bonchev–Trinajstić information content (AvgIpc) is 3.41. The van der Waals surface area contributed by atoms with E-state index in [2.05, 4.69) is 9.97 Å². The second kappa shape index (κ2) is 7.58. The summed E-state index contributed by atoms with van der Waals surface area (Å²) in [7, 11) is 3.00. The SMILES string of the molecule is CC(C(=O)N(c1nccs1)C1CCCCC1)n1cnc2c1c(=O)n(C)c(=O)n2C. The minimum atomic E-state index is -0.656. The molecule has 0 N–H and O–H groups in total. The first kappa shape index (κ1) is 19.6. The van der Waals surface area contributed by atoms with Gasteiger partial charge in [-0.2, -0.15) is 0 Å². The van der Waals surface area contributed by atoms with E-state index in [1.807, 2.05) is 5.38 Å². The summed E-state index contributed by atoms with van der Waals surface area (Å²) >= 11 is 1.44. The summed E-state index contributed by atoms with van der Waals surface area (Å²) in [6, 6.07) is -0.553. The van der Waals surface area contributed by atoms with Gasteiger partial charge >= 0.3 is 5.69 Å². The molecule has 1 aliphatic rings. The Morgan fingerprint density at radius 2 is 1.90 bits per heavy atom. The molecule has 1 unspecified atom stereocenters. The molecule has 1 fully saturated rings. The molecule has 0 aromatic carbocycles. The van der Waals surface area contributed by atoms with Gasteiger partial charge in [-0.05, 0) is 19.8 Å². The zero-order valence-electron chi connectivity index (χ0n) is 16.7. The molecule has 4 rings (SSSR count). The molecule has 154 valence electrons. The zero-order valence-corrected chi connectivity index (χ0v) is 17.6. The van der Waals surface area contributed by atoms with Crippen molar-refractivity contribution in [1.82, 2.24) is 23.7 Å². The van der Waals surface area contributed by atoms with Gasteiger partial charge in [0.25, 0.3) is 11.5 Å². The van der Waals surface area contributed by atoms with Gasteiger partial charge in [0.15, 0.2) is 16.3 Å². The van der Waals surface area contributed by atoms with Gasteiger partial charge in [-0.3, -0.25) is 23.6 Å². The quantitative estimate of drug-likeness (QED) is 0.647. The number of amides is 1. The van der Waals surface area contributed by atoms with E-state index in [0.717, 1.165) is 30.3 Å². The normalized spacial score (nSPS) is 16.2. The number of fused-ring (bicyclic) bond motifs is 1. The maximum absolute atomic E-state index is 13.6. The molecule has 0 radical (unpaired) electrons. The zero-order chi connectivity index (χ0) is 20.7. The Balaban J connectivity index is 1.78. The van der Waals surface area contributed by atoms with Crippen LogP contribution in [0.15, 0.2) is 27.5 Å². The standard InChI is InChI=1S/C19H24N6O3S/c1-12(24-11-21-15-14(24)17(27)23(3)19(28)22(15)2)16(26)25(18-20-9-10-29-18)13-7-5-4-6-8-13/h9-13H,4-8H2,1-3H3. The van der Waals surface area contributed by atoms with E-state index in [1.165, 1.54) is 35.7 Å². The number of aromatic nitrogens is 5. The number of rotatable bonds is 4. The highest BCUT2D eigenvalue weighted by Crippen LogP contribution is 2.31. The summed E-state index contributed by atoms with van der Waals surface area (Å²) in [6.45, 7) is 1.76. The van der Waals surface area contributed by atoms with E-state index in [0.29, 0.717) is 5.13 Å². The predicted molar refractivity (Wildman–Crippen MR) is 111 cm³/mol. The number of carbonyl (C=O) groups is 1. The third kappa shape index (κ3) is 3.21. The fourth-order valence-electron chi connectivity index (χ4n) is 4.08. The van der Waals surface area contributed by atoms with Gasteiger partial charge < -0.3 is 4.57 Å². The lowest BCUT2D eigenvalue weighted by Gasteiger charge is -2.34. The van der Waals surface area contributed by atoms with E-state index in [4.69, 9.17) is 0 Å². The van der Waals surface area contributed by atoms with Crippen LogP contribution < -0.4 is 16.1 Å². The number of nitrogens with zero attached hydrogens (tertiary/aromatic N) is 6. The molecule has 3 heterocycles. The Morgan fingerprint density at radius 1 is 1.17 bits per heavy atom. The highest BCUT2D eigenvalue weighted by Gasteiger charge is 2.33. The molecule has 3 aromatic rings. The number of imidazole rings is 1. The van der Waals surface area contributed by atoms with Crippen LogP contribution in [0, 0.1) is 0 Å². The van der Waals surface area contributed by atoms with Crippen LogP contribution in [0.2, 0.25) is 0 Å². The summed E-state index contributed by atoms with van der Waals surface area (Å²) in [5.74, 6) is -0.123. The van der Waals surface area contributed by atoms with Crippen molar-refractivity contribution in [3.63, 3.8) is 0 Å². The lowest BCUT2D eigenvalue weighted by molar-refractivity contribution is -0.121. The largest absolute Gasteiger partial charge is 0.332 e. The lowest BCUT2D eigenvalue weighted by Crippen LogP contribution is -2.45. The smallest absolute Gasteiger partial charge is 0.312 e. The monoisotopic (exact) mass is 416 g/mol. The number of thiazole rings is 1. The van der Waals surface area contributed by atoms with Crippen molar-refractivity contribution >= 4 is 33.5 Å². The van der Waals surface area contributed by atoms with Crippen molar-refractivity contribution in [3.8, 4) is 0 Å². The summed E-state index contributed by atoms with van der Waals surface area (Å²) < 4.78 is 3.93. The molecule has 0 saturated heterocycles. The first-order valence-corrected chi connectivity index (χ1v) is 10.6. The Labute approximate surface area is 171 Å². The second-order valence-corrected chi connectivity index (χ2v) is 8.39. The van der Waals surface area contributed by atoms with Crippen LogP contribution in [0.4, 0.5) is 5.13 Å². The van der Waals surface area contributed by atoms with Crippen LogP contribution in [0.3, 0.4) is 0 Å². The Bertz CT molecular complexity index is 1150. The highest BCUT2D eigenvalue weighted by atomic mass is 32.1. The van der Waals surface area contributed by atoms with Crippen LogP contribution in [0.1, 0.15) is 45.1 Å². The topological polar surface area (TPSA) is 95.0 Å². The Kier molecular flexibility index (Phi) is 5.12. The summed E-state index contributed by atoms with van der Waals surface area (Å²) in [5.41, 5.74) is -0.383. The van der Waals surface area contributed by atoms with Crippen LogP contribution in [0.5, 0.6) is 0 Å². The minimum absolute atomic E-state index is 0.104. The van der Waals surface area contributed by atoms with Crippen molar-refractivity contribution in [3.05, 3.63) is 38.7 Å². The molecule has 3 aromatic heterocycles. The number of hydrogen-bond acceptors (Lipinski definition) is 6. The minimum Gasteiger partial charge on any atom is -0.312 e. The molecule has 0 spiro atoms. The molecule has 9 nitrogen and oxygen atoms in total. The van der Waals surface area contributed by atoms with Gasteiger partial charge in [0.05, 0.1) is 6.33 Å². The third-order valence-corrected chi connectivity index (χ3v) is 6.52. The molecule has 1 saturated carbocycles. The molecular formula is C19H24N6O3S. The molecule has 0 aliphatic heterocycles. The van der Waals surface area contributed by atoms with E-state index >= 15 is 0 Å². The predicted octanol–water partition coefficient (Wildman–Crippen LogP) is 1.82. The van der Waals surface area contributed by atoms with Crippen LogP contribution in [-0.4, -0.2) is 35.6 Å². The maximum Gasteiger partial charge on any atom is 0.332 e. The van der Waals surface area contributed by atoms with Gasteiger partial charge in [0.2, 0.25) is 0 Å². The van der Waals surface area contributed by atoms with Gasteiger partial charge in [-0.25, -0.2) is 14.8 Å². The second-order valence-electron chi connectivity index (χ2n) is 7.52. The van der Waals surface area contributed by atoms with E-state index in [1.54, 1.807) is 29.6 Å². The molecule has 1 atom stereocenters.